The fourth-order valence-corrected chi connectivity index (χ4v) is 3.51. The van der Waals surface area contributed by atoms with Gasteiger partial charge in [-0.3, -0.25) is 0 Å². The highest BCUT2D eigenvalue weighted by molar-refractivity contribution is 6.33. The summed E-state index contributed by atoms with van der Waals surface area (Å²) < 4.78 is 11.2. The molecule has 0 saturated heterocycles. The van der Waals surface area contributed by atoms with Crippen molar-refractivity contribution in [2.75, 3.05) is 25.2 Å². The Morgan fingerprint density at radius 1 is 1.22 bits per heavy atom. The van der Waals surface area contributed by atoms with Crippen molar-refractivity contribution < 1.29 is 14.6 Å². The standard InChI is InChI=1S/C22H25ClNO3/c1-26-18-11-12-19(23)21(15-18)24(20-9-5-6-10-22(20)25)13-14-27-16-17-7-3-2-4-8-17/h2-4,7-8,11-12,15,20,25H,5-6,9,13-14,16H2,1H3. The third-order valence-corrected chi connectivity index (χ3v) is 5.02. The fourth-order valence-electron chi connectivity index (χ4n) is 3.28. The molecule has 0 fully saturated rings. The summed E-state index contributed by atoms with van der Waals surface area (Å²) in [6.45, 7) is 1.68. The summed E-state index contributed by atoms with van der Waals surface area (Å²) in [6.07, 6.45) is 5.68. The maximum absolute atomic E-state index is 10.4. The molecule has 0 amide bonds. The van der Waals surface area contributed by atoms with Crippen molar-refractivity contribution in [3.8, 4) is 5.75 Å². The Morgan fingerprint density at radius 2 is 2.04 bits per heavy atom. The zero-order valence-electron chi connectivity index (χ0n) is 15.5. The Labute approximate surface area is 166 Å². The van der Waals surface area contributed by atoms with Gasteiger partial charge in [-0.15, -0.1) is 0 Å². The van der Waals surface area contributed by atoms with Crippen LogP contribution in [0.4, 0.5) is 5.69 Å². The first-order valence-electron chi connectivity index (χ1n) is 9.20. The first-order chi connectivity index (χ1) is 13.2. The number of hydrogen-bond donors (Lipinski definition) is 1. The first-order valence-corrected chi connectivity index (χ1v) is 9.58. The monoisotopic (exact) mass is 386 g/mol. The van der Waals surface area contributed by atoms with Gasteiger partial charge in [-0.1, -0.05) is 41.9 Å². The number of benzene rings is 2. The molecule has 0 aliphatic heterocycles. The van der Waals surface area contributed by atoms with Gasteiger partial charge in [-0.25, -0.2) is 0 Å². The summed E-state index contributed by atoms with van der Waals surface area (Å²) in [5.41, 5.74) is 1.97. The third kappa shape index (κ3) is 5.18. The van der Waals surface area contributed by atoms with Crippen molar-refractivity contribution in [2.45, 2.75) is 31.9 Å². The minimum atomic E-state index is -0.149. The van der Waals surface area contributed by atoms with E-state index in [9.17, 15) is 5.11 Å². The number of ether oxygens (including phenoxy) is 2. The van der Waals surface area contributed by atoms with Crippen LogP contribution in [-0.4, -0.2) is 31.4 Å². The smallest absolute Gasteiger partial charge is 0.121 e. The molecule has 143 valence electrons. The molecule has 0 bridgehead atoms. The van der Waals surface area contributed by atoms with Gasteiger partial charge in [0.2, 0.25) is 0 Å². The van der Waals surface area contributed by atoms with Crippen molar-refractivity contribution >= 4 is 17.3 Å². The Hall–Kier alpha value is -2.17. The van der Waals surface area contributed by atoms with E-state index in [1.807, 2.05) is 48.5 Å². The molecule has 0 heterocycles. The van der Waals surface area contributed by atoms with E-state index >= 15 is 0 Å². The topological polar surface area (TPSA) is 41.9 Å². The van der Waals surface area contributed by atoms with E-state index in [0.717, 1.165) is 36.3 Å². The number of methoxy groups -OCH3 is 1. The van der Waals surface area contributed by atoms with Gasteiger partial charge < -0.3 is 19.5 Å². The molecular weight excluding hydrogens is 362 g/mol. The zero-order chi connectivity index (χ0) is 19.1. The average Bonchev–Trinajstić information content (AvgIpc) is 2.70. The predicted molar refractivity (Wildman–Crippen MR) is 108 cm³/mol. The van der Waals surface area contributed by atoms with E-state index in [0.29, 0.717) is 24.8 Å². The van der Waals surface area contributed by atoms with E-state index in [2.05, 4.69) is 11.0 Å². The van der Waals surface area contributed by atoms with Crippen molar-refractivity contribution in [3.63, 3.8) is 0 Å². The number of aliphatic hydroxyl groups excluding tert-OH is 1. The second kappa shape index (κ2) is 9.67. The van der Waals surface area contributed by atoms with Gasteiger partial charge in [0.1, 0.15) is 11.5 Å². The lowest BCUT2D eigenvalue weighted by Gasteiger charge is -2.35. The fraction of sp³-hybridized carbons (Fsp3) is 0.364. The number of anilines is 1. The van der Waals surface area contributed by atoms with Crippen LogP contribution in [0, 0.1) is 6.08 Å². The predicted octanol–water partition coefficient (Wildman–Crippen LogP) is 5.17. The molecule has 2 aromatic rings. The third-order valence-electron chi connectivity index (χ3n) is 4.70. The largest absolute Gasteiger partial charge is 0.510 e. The van der Waals surface area contributed by atoms with E-state index in [-0.39, 0.29) is 11.8 Å². The lowest BCUT2D eigenvalue weighted by Crippen LogP contribution is -2.40. The number of nitrogens with zero attached hydrogens (tertiary/aromatic N) is 1. The number of hydrogen-bond acceptors (Lipinski definition) is 4. The quantitative estimate of drug-likeness (QED) is 0.635. The summed E-state index contributed by atoms with van der Waals surface area (Å²) in [7, 11) is 1.63. The lowest BCUT2D eigenvalue weighted by atomic mass is 9.98. The molecule has 0 aromatic heterocycles. The van der Waals surface area contributed by atoms with Gasteiger partial charge in [0.05, 0.1) is 37.1 Å². The van der Waals surface area contributed by atoms with Gasteiger partial charge in [-0.05, 0) is 43.0 Å². The number of allylic oxidation sites excluding steroid dienone is 1. The molecular formula is C22H25ClNO3. The van der Waals surface area contributed by atoms with Crippen LogP contribution < -0.4 is 9.64 Å². The van der Waals surface area contributed by atoms with Gasteiger partial charge in [0.25, 0.3) is 0 Å². The normalized spacial score (nSPS) is 16.7. The molecule has 2 aromatic carbocycles. The van der Waals surface area contributed by atoms with Crippen molar-refractivity contribution in [1.29, 1.82) is 0 Å². The van der Waals surface area contributed by atoms with E-state index in [1.165, 1.54) is 0 Å². The maximum Gasteiger partial charge on any atom is 0.121 e. The Bertz CT molecular complexity index is 763. The summed E-state index contributed by atoms with van der Waals surface area (Å²) in [4.78, 5) is 2.09. The Balaban J connectivity index is 1.74. The molecule has 3 rings (SSSR count). The van der Waals surface area contributed by atoms with Crippen LogP contribution in [0.2, 0.25) is 5.02 Å². The van der Waals surface area contributed by atoms with E-state index in [1.54, 1.807) is 7.11 Å². The van der Waals surface area contributed by atoms with Crippen LogP contribution in [0.1, 0.15) is 24.8 Å². The van der Waals surface area contributed by atoms with Gasteiger partial charge in [-0.2, -0.15) is 0 Å². The number of aliphatic hydroxyl groups is 1. The minimum absolute atomic E-state index is 0.149. The Morgan fingerprint density at radius 3 is 2.78 bits per heavy atom. The van der Waals surface area contributed by atoms with E-state index in [4.69, 9.17) is 21.1 Å². The molecule has 0 spiro atoms. The minimum Gasteiger partial charge on any atom is -0.510 e. The molecule has 0 saturated carbocycles. The SMILES string of the molecule is COc1ccc(Cl)c(N(CCOCc2ccccc2)C2CCC[C]=C2O)c1. The summed E-state index contributed by atoms with van der Waals surface area (Å²) >= 11 is 6.47. The van der Waals surface area contributed by atoms with Crippen LogP contribution in [-0.2, 0) is 11.3 Å². The van der Waals surface area contributed by atoms with Crippen LogP contribution in [0.15, 0.2) is 54.3 Å². The molecule has 27 heavy (non-hydrogen) atoms. The van der Waals surface area contributed by atoms with E-state index < -0.39 is 0 Å². The summed E-state index contributed by atoms with van der Waals surface area (Å²) in [6, 6.07) is 15.5. The van der Waals surface area contributed by atoms with Crippen LogP contribution in [0.5, 0.6) is 5.75 Å². The van der Waals surface area contributed by atoms with Gasteiger partial charge in [0, 0.05) is 12.6 Å². The summed E-state index contributed by atoms with van der Waals surface area (Å²) in [5, 5.41) is 11.0. The van der Waals surface area contributed by atoms with Crippen molar-refractivity contribution in [3.05, 3.63) is 71.0 Å². The molecule has 1 aliphatic carbocycles. The Kier molecular flexibility index (Phi) is 7.02. The molecule has 1 radical (unpaired) electrons. The number of rotatable bonds is 8. The van der Waals surface area contributed by atoms with Crippen LogP contribution in [0.25, 0.3) is 0 Å². The highest BCUT2D eigenvalue weighted by atomic mass is 35.5. The molecule has 1 atom stereocenters. The lowest BCUT2D eigenvalue weighted by molar-refractivity contribution is 0.125. The van der Waals surface area contributed by atoms with Gasteiger partial charge >= 0.3 is 0 Å². The highest BCUT2D eigenvalue weighted by Crippen LogP contribution is 2.34. The zero-order valence-corrected chi connectivity index (χ0v) is 16.3. The van der Waals surface area contributed by atoms with Crippen molar-refractivity contribution in [2.24, 2.45) is 0 Å². The molecule has 5 heteroatoms. The maximum atomic E-state index is 10.4. The molecule has 1 N–H and O–H groups in total. The average molecular weight is 387 g/mol. The van der Waals surface area contributed by atoms with Gasteiger partial charge in [0.15, 0.2) is 0 Å². The first kappa shape index (κ1) is 19.6. The van der Waals surface area contributed by atoms with Crippen LogP contribution >= 0.6 is 11.6 Å². The van der Waals surface area contributed by atoms with Crippen molar-refractivity contribution in [1.82, 2.24) is 0 Å². The second-order valence-corrected chi connectivity index (χ2v) is 6.93. The molecule has 1 aliphatic rings. The highest BCUT2D eigenvalue weighted by Gasteiger charge is 2.26. The number of halogens is 1. The summed E-state index contributed by atoms with van der Waals surface area (Å²) in [5.74, 6) is 1.01. The second-order valence-electron chi connectivity index (χ2n) is 6.52. The molecule has 1 unspecified atom stereocenters. The molecule has 4 nitrogen and oxygen atoms in total. The van der Waals surface area contributed by atoms with Crippen LogP contribution in [0.3, 0.4) is 0 Å².